The van der Waals surface area contributed by atoms with Crippen LogP contribution in [0.2, 0.25) is 10.0 Å². The van der Waals surface area contributed by atoms with Crippen LogP contribution in [0.5, 0.6) is 5.75 Å². The second-order valence-corrected chi connectivity index (χ2v) is 7.25. The molecule has 1 unspecified atom stereocenters. The predicted molar refractivity (Wildman–Crippen MR) is 75.5 cm³/mol. The second-order valence-electron chi connectivity index (χ2n) is 4.03. The largest absolute Gasteiger partial charge is 0.505 e. The van der Waals surface area contributed by atoms with Gasteiger partial charge in [0.2, 0.25) is 0 Å². The first-order chi connectivity index (χ1) is 8.25. The number of hydrogen-bond donors (Lipinski definition) is 2. The third kappa shape index (κ3) is 4.23. The molecule has 0 heterocycles. The van der Waals surface area contributed by atoms with E-state index in [1.54, 1.807) is 13.8 Å². The third-order valence-corrected chi connectivity index (χ3v) is 4.84. The van der Waals surface area contributed by atoms with Gasteiger partial charge in [0.15, 0.2) is 15.6 Å². The standard InChI is InChI=1S/C11H15Cl2NO3S/c1-3-18(16,17)6-7(2)14-8-4-9(12)11(15)10(13)5-8/h4-5,7,14-15H,3,6H2,1-2H3. The fraction of sp³-hybridized carbons (Fsp3) is 0.455. The number of sulfone groups is 1. The molecule has 18 heavy (non-hydrogen) atoms. The van der Waals surface area contributed by atoms with E-state index in [4.69, 9.17) is 23.2 Å². The zero-order valence-corrected chi connectivity index (χ0v) is 12.4. The Labute approximate surface area is 117 Å². The summed E-state index contributed by atoms with van der Waals surface area (Å²) in [5.41, 5.74) is 0.571. The number of anilines is 1. The van der Waals surface area contributed by atoms with E-state index in [-0.39, 0.29) is 33.3 Å². The quantitative estimate of drug-likeness (QED) is 0.820. The Kier molecular flexibility index (Phi) is 5.13. The predicted octanol–water partition coefficient (Wildman–Crippen LogP) is 2.93. The maximum absolute atomic E-state index is 11.5. The summed E-state index contributed by atoms with van der Waals surface area (Å²) in [7, 11) is -3.05. The first-order valence-electron chi connectivity index (χ1n) is 5.40. The van der Waals surface area contributed by atoms with E-state index in [9.17, 15) is 13.5 Å². The van der Waals surface area contributed by atoms with E-state index in [1.165, 1.54) is 12.1 Å². The van der Waals surface area contributed by atoms with Crippen molar-refractivity contribution in [3.63, 3.8) is 0 Å². The van der Waals surface area contributed by atoms with Gasteiger partial charge >= 0.3 is 0 Å². The van der Waals surface area contributed by atoms with Gasteiger partial charge in [-0.15, -0.1) is 0 Å². The summed E-state index contributed by atoms with van der Waals surface area (Å²) in [6.07, 6.45) is 0. The van der Waals surface area contributed by atoms with Crippen molar-refractivity contribution in [1.82, 2.24) is 0 Å². The fourth-order valence-corrected chi connectivity index (χ4v) is 3.04. The first kappa shape index (κ1) is 15.4. The smallest absolute Gasteiger partial charge is 0.152 e. The van der Waals surface area contributed by atoms with E-state index in [1.807, 2.05) is 0 Å². The molecule has 0 radical (unpaired) electrons. The van der Waals surface area contributed by atoms with Crippen molar-refractivity contribution in [3.8, 4) is 5.75 Å². The maximum atomic E-state index is 11.5. The number of hydrogen-bond acceptors (Lipinski definition) is 4. The Morgan fingerprint density at radius 2 is 1.83 bits per heavy atom. The molecule has 102 valence electrons. The lowest BCUT2D eigenvalue weighted by Crippen LogP contribution is -2.26. The molecule has 0 bridgehead atoms. The zero-order valence-electron chi connectivity index (χ0n) is 10.1. The highest BCUT2D eigenvalue weighted by molar-refractivity contribution is 7.91. The van der Waals surface area contributed by atoms with Crippen molar-refractivity contribution in [2.24, 2.45) is 0 Å². The molecule has 2 N–H and O–H groups in total. The van der Waals surface area contributed by atoms with Crippen LogP contribution in [0.25, 0.3) is 0 Å². The number of halogens is 2. The Morgan fingerprint density at radius 3 is 2.28 bits per heavy atom. The van der Waals surface area contributed by atoms with Gasteiger partial charge in [0, 0.05) is 17.5 Å². The average molecular weight is 312 g/mol. The molecule has 1 aromatic rings. The van der Waals surface area contributed by atoms with E-state index in [0.717, 1.165) is 0 Å². The molecule has 1 rings (SSSR count). The molecule has 4 nitrogen and oxygen atoms in total. The first-order valence-corrected chi connectivity index (χ1v) is 7.98. The number of phenols is 1. The number of aromatic hydroxyl groups is 1. The molecule has 0 saturated carbocycles. The minimum atomic E-state index is -3.05. The lowest BCUT2D eigenvalue weighted by Gasteiger charge is -2.16. The molecule has 7 heteroatoms. The van der Waals surface area contributed by atoms with Crippen molar-refractivity contribution >= 4 is 38.7 Å². The van der Waals surface area contributed by atoms with Gasteiger partial charge in [-0.05, 0) is 19.1 Å². The normalized spacial score (nSPS) is 13.3. The van der Waals surface area contributed by atoms with Gasteiger partial charge in [-0.3, -0.25) is 0 Å². The van der Waals surface area contributed by atoms with Crippen LogP contribution in [0.3, 0.4) is 0 Å². The summed E-state index contributed by atoms with van der Waals surface area (Å²) in [6, 6.07) is 2.72. The van der Waals surface area contributed by atoms with E-state index in [0.29, 0.717) is 5.69 Å². The van der Waals surface area contributed by atoms with Crippen LogP contribution in [0.15, 0.2) is 12.1 Å². The van der Waals surface area contributed by atoms with E-state index < -0.39 is 9.84 Å². The van der Waals surface area contributed by atoms with Crippen molar-refractivity contribution < 1.29 is 13.5 Å². The van der Waals surface area contributed by atoms with Crippen molar-refractivity contribution in [1.29, 1.82) is 0 Å². The minimum absolute atomic E-state index is 0.0274. The molecule has 0 amide bonds. The van der Waals surface area contributed by atoms with E-state index in [2.05, 4.69) is 5.32 Å². The Morgan fingerprint density at radius 1 is 1.33 bits per heavy atom. The van der Waals surface area contributed by atoms with Gasteiger partial charge in [0.05, 0.1) is 15.8 Å². The lowest BCUT2D eigenvalue weighted by atomic mass is 10.2. The summed E-state index contributed by atoms with van der Waals surface area (Å²) in [6.45, 7) is 3.36. The molecule has 0 aliphatic carbocycles. The van der Waals surface area contributed by atoms with Crippen LogP contribution in [0, 0.1) is 0 Å². The number of phenolic OH excluding ortho intramolecular Hbond substituents is 1. The highest BCUT2D eigenvalue weighted by Crippen LogP contribution is 2.34. The molecule has 0 aliphatic heterocycles. The van der Waals surface area contributed by atoms with Crippen molar-refractivity contribution in [2.45, 2.75) is 19.9 Å². The average Bonchev–Trinajstić information content (AvgIpc) is 2.25. The fourth-order valence-electron chi connectivity index (χ4n) is 1.47. The van der Waals surface area contributed by atoms with Gasteiger partial charge in [-0.2, -0.15) is 0 Å². The number of rotatable bonds is 5. The monoisotopic (exact) mass is 311 g/mol. The second kappa shape index (κ2) is 5.99. The van der Waals surface area contributed by atoms with Crippen LogP contribution in [-0.2, 0) is 9.84 Å². The maximum Gasteiger partial charge on any atom is 0.152 e. The molecular formula is C11H15Cl2NO3S. The number of benzene rings is 1. The van der Waals surface area contributed by atoms with Gasteiger partial charge in [0.25, 0.3) is 0 Å². The summed E-state index contributed by atoms with van der Waals surface area (Å²) >= 11 is 11.5. The molecule has 0 aliphatic rings. The van der Waals surface area contributed by atoms with Gasteiger partial charge in [0.1, 0.15) is 0 Å². The molecular weight excluding hydrogens is 297 g/mol. The zero-order chi connectivity index (χ0) is 13.9. The van der Waals surface area contributed by atoms with Crippen LogP contribution >= 0.6 is 23.2 Å². The summed E-state index contributed by atoms with van der Waals surface area (Å²) in [5, 5.41) is 12.6. The molecule has 1 atom stereocenters. The molecule has 0 saturated heterocycles. The number of nitrogens with one attached hydrogen (secondary N) is 1. The van der Waals surface area contributed by atoms with Crippen LogP contribution < -0.4 is 5.32 Å². The summed E-state index contributed by atoms with van der Waals surface area (Å²) in [5.74, 6) is -0.0480. The Bertz CT molecular complexity index is 508. The highest BCUT2D eigenvalue weighted by Gasteiger charge is 2.14. The highest BCUT2D eigenvalue weighted by atomic mass is 35.5. The molecule has 0 fully saturated rings. The molecule has 0 aromatic heterocycles. The summed E-state index contributed by atoms with van der Waals surface area (Å²) in [4.78, 5) is 0. The minimum Gasteiger partial charge on any atom is -0.505 e. The third-order valence-electron chi connectivity index (χ3n) is 2.37. The van der Waals surface area contributed by atoms with E-state index >= 15 is 0 Å². The topological polar surface area (TPSA) is 66.4 Å². The lowest BCUT2D eigenvalue weighted by molar-refractivity contribution is 0.476. The van der Waals surface area contributed by atoms with Gasteiger partial charge < -0.3 is 10.4 Å². The van der Waals surface area contributed by atoms with Crippen molar-refractivity contribution in [3.05, 3.63) is 22.2 Å². The van der Waals surface area contributed by atoms with Crippen molar-refractivity contribution in [2.75, 3.05) is 16.8 Å². The summed E-state index contributed by atoms with van der Waals surface area (Å²) < 4.78 is 22.9. The van der Waals surface area contributed by atoms with Crippen LogP contribution in [0.4, 0.5) is 5.69 Å². The Balaban J connectivity index is 2.80. The molecule has 0 spiro atoms. The SMILES string of the molecule is CCS(=O)(=O)CC(C)Nc1cc(Cl)c(O)c(Cl)c1. The Hall–Kier alpha value is -0.650. The molecule has 1 aromatic carbocycles. The van der Waals surface area contributed by atoms with Crippen LogP contribution in [0.1, 0.15) is 13.8 Å². The van der Waals surface area contributed by atoms with Crippen LogP contribution in [-0.4, -0.2) is 31.1 Å². The van der Waals surface area contributed by atoms with Gasteiger partial charge in [-0.1, -0.05) is 30.1 Å². The van der Waals surface area contributed by atoms with Gasteiger partial charge in [-0.25, -0.2) is 8.42 Å².